The average Bonchev–Trinajstić information content (AvgIpc) is 3.84. The number of carboxylic acid groups (broad SMARTS) is 1. The lowest BCUT2D eigenvalue weighted by molar-refractivity contribution is -0.142. The Morgan fingerprint density at radius 3 is 2.03 bits per heavy atom. The third kappa shape index (κ3) is 13.2. The summed E-state index contributed by atoms with van der Waals surface area (Å²) in [6.45, 7) is -0.333. The second-order valence-corrected chi connectivity index (χ2v) is 17.5. The highest BCUT2D eigenvalue weighted by Gasteiger charge is 2.34. The van der Waals surface area contributed by atoms with E-state index in [4.69, 9.17) is 4.74 Å². The van der Waals surface area contributed by atoms with Crippen molar-refractivity contribution in [2.75, 3.05) is 6.61 Å². The van der Waals surface area contributed by atoms with Crippen LogP contribution in [0.25, 0.3) is 11.1 Å². The zero-order valence-corrected chi connectivity index (χ0v) is 36.9. The highest BCUT2D eigenvalue weighted by molar-refractivity contribution is 7.09. The van der Waals surface area contributed by atoms with E-state index in [0.29, 0.717) is 22.4 Å². The number of hydrogen-bond acceptors (Lipinski definition) is 8. The third-order valence-corrected chi connectivity index (χ3v) is 12.5. The summed E-state index contributed by atoms with van der Waals surface area (Å²) >= 11 is 1.44. The van der Waals surface area contributed by atoms with Gasteiger partial charge in [0, 0.05) is 48.8 Å². The predicted molar refractivity (Wildman–Crippen MR) is 249 cm³/mol. The number of nitrogens with one attached hydrogen (secondary N) is 3. The molecule has 5 atom stereocenters. The molecule has 0 aliphatic carbocycles. The van der Waals surface area contributed by atoms with Crippen LogP contribution in [0.15, 0.2) is 151 Å². The van der Waals surface area contributed by atoms with E-state index in [0.717, 1.165) is 16.0 Å². The smallest absolute Gasteiger partial charge is 0.326 e. The Bertz CT molecular complexity index is 2610. The second-order valence-electron chi connectivity index (χ2n) is 16.5. The third-order valence-electron chi connectivity index (χ3n) is 11.6. The molecule has 2 aliphatic rings. The van der Waals surface area contributed by atoms with Gasteiger partial charge in [0.1, 0.15) is 30.3 Å². The van der Waals surface area contributed by atoms with Crippen LogP contribution < -0.4 is 20.7 Å². The fourth-order valence-corrected chi connectivity index (χ4v) is 8.80. The summed E-state index contributed by atoms with van der Waals surface area (Å²) in [6.07, 6.45) is -0.758. The van der Waals surface area contributed by atoms with Gasteiger partial charge in [-0.15, -0.1) is 11.3 Å². The van der Waals surface area contributed by atoms with Crippen molar-refractivity contribution in [2.24, 2.45) is 11.8 Å². The first-order valence-corrected chi connectivity index (χ1v) is 22.7. The lowest BCUT2D eigenvalue weighted by Crippen LogP contribution is -2.54. The lowest BCUT2D eigenvalue weighted by atomic mass is 9.89. The number of carboxylic acids is 1. The number of ketones is 2. The SMILES string of the molecule is O=C1COc2ccc(cc2)C[C@@H](C(=O)N[C@H](Cc2ccccc2)C(=O)O)CC(=O)[C@H](Cc2ccccc2F)NC(=O)[C@@H](Cc2ccc(-c3ccccc3)cc2)NC(=O)[C@H](Cc2cccs2)C1. The number of benzene rings is 5. The molecule has 8 rings (SSSR count). The minimum atomic E-state index is -1.38. The van der Waals surface area contributed by atoms with E-state index in [1.165, 1.54) is 29.5 Å². The molecule has 66 heavy (non-hydrogen) atoms. The van der Waals surface area contributed by atoms with Gasteiger partial charge in [0.05, 0.1) is 6.04 Å². The predicted octanol–water partition coefficient (Wildman–Crippen LogP) is 7.15. The molecule has 13 heteroatoms. The maximum atomic E-state index is 15.3. The summed E-state index contributed by atoms with van der Waals surface area (Å²) in [5, 5.41) is 20.4. The quantitative estimate of drug-likeness (QED) is 0.101. The van der Waals surface area contributed by atoms with Gasteiger partial charge in [-0.2, -0.15) is 0 Å². The standard InChI is InChI=1S/C53H50FN3O8S/c54-45-16-8-7-14-39(45)31-46-49(59)32-40(50(60)57-48(53(63)64)28-34-10-3-1-4-11-34)26-35-19-23-43(24-20-35)65-33-42(58)29-41(30-44-15-9-25-66-44)51(61)56-47(52(62)55-46)27-36-17-21-38(22-18-36)37-12-5-2-6-13-37/h1-25,40-41,46-48H,26-33H2,(H,55,62)(H,56,61)(H,57,60)(H,63,64)/t40-,41+,46+,47-,48-/m1/s1. The molecule has 3 amide bonds. The number of Topliss-reactive ketones (excluding diaryl/α,β-unsaturated/α-hetero) is 2. The van der Waals surface area contributed by atoms with E-state index in [9.17, 15) is 33.9 Å². The summed E-state index contributed by atoms with van der Waals surface area (Å²) in [5.74, 6) is -6.51. The molecule has 2 bridgehead atoms. The molecular weight excluding hydrogens is 858 g/mol. The van der Waals surface area contributed by atoms with Crippen molar-refractivity contribution in [1.29, 1.82) is 0 Å². The summed E-state index contributed by atoms with van der Waals surface area (Å²) in [6, 6.07) is 38.2. The molecule has 5 aromatic carbocycles. The van der Waals surface area contributed by atoms with Gasteiger partial charge in [0.2, 0.25) is 17.7 Å². The zero-order valence-electron chi connectivity index (χ0n) is 36.1. The zero-order chi connectivity index (χ0) is 46.4. The highest BCUT2D eigenvalue weighted by Crippen LogP contribution is 2.24. The van der Waals surface area contributed by atoms with Gasteiger partial charge in [0.15, 0.2) is 11.6 Å². The molecule has 0 unspecified atom stereocenters. The van der Waals surface area contributed by atoms with Gasteiger partial charge in [0.25, 0.3) is 0 Å². The maximum Gasteiger partial charge on any atom is 0.326 e. The molecule has 0 saturated carbocycles. The number of halogens is 1. The number of amides is 3. The number of carbonyl (C=O) groups excluding carboxylic acids is 5. The van der Waals surface area contributed by atoms with Crippen LogP contribution in [0.4, 0.5) is 4.39 Å². The monoisotopic (exact) mass is 907 g/mol. The number of rotatable bonds is 12. The van der Waals surface area contributed by atoms with Crippen LogP contribution in [0, 0.1) is 17.7 Å². The van der Waals surface area contributed by atoms with E-state index in [2.05, 4.69) is 16.0 Å². The Morgan fingerprint density at radius 1 is 0.682 bits per heavy atom. The minimum Gasteiger partial charge on any atom is -0.486 e. The first-order chi connectivity index (χ1) is 32.0. The van der Waals surface area contributed by atoms with Crippen molar-refractivity contribution in [3.8, 4) is 16.9 Å². The Hall–Kier alpha value is -7.25. The topological polar surface area (TPSA) is 168 Å². The summed E-state index contributed by atoms with van der Waals surface area (Å²) in [4.78, 5) is 84.8. The van der Waals surface area contributed by atoms with E-state index >= 15 is 4.39 Å². The molecule has 6 aromatic rings. The minimum absolute atomic E-state index is 0.00691. The molecule has 1 aromatic heterocycles. The summed E-state index contributed by atoms with van der Waals surface area (Å²) < 4.78 is 21.2. The van der Waals surface area contributed by atoms with E-state index in [1.807, 2.05) is 72.1 Å². The molecule has 4 N–H and O–H groups in total. The molecule has 0 spiro atoms. The van der Waals surface area contributed by atoms with Crippen LogP contribution in [0.2, 0.25) is 0 Å². The molecular formula is C53H50FN3O8S. The Labute approximate surface area is 386 Å². The van der Waals surface area contributed by atoms with Crippen LogP contribution in [0.1, 0.15) is 40.0 Å². The van der Waals surface area contributed by atoms with Crippen molar-refractivity contribution in [3.63, 3.8) is 0 Å². The van der Waals surface area contributed by atoms with Crippen LogP contribution in [0.3, 0.4) is 0 Å². The fraction of sp³-hybridized carbons (Fsp3) is 0.245. The number of carbonyl (C=O) groups is 6. The van der Waals surface area contributed by atoms with Crippen molar-refractivity contribution in [2.45, 2.75) is 63.1 Å². The van der Waals surface area contributed by atoms with Crippen molar-refractivity contribution in [1.82, 2.24) is 16.0 Å². The number of aliphatic carboxylic acids is 1. The molecule has 0 radical (unpaired) electrons. The van der Waals surface area contributed by atoms with E-state index < -0.39 is 71.7 Å². The van der Waals surface area contributed by atoms with Crippen LogP contribution in [0.5, 0.6) is 5.75 Å². The van der Waals surface area contributed by atoms with Crippen molar-refractivity contribution < 1.29 is 43.0 Å². The Balaban J connectivity index is 1.24. The fourth-order valence-electron chi connectivity index (χ4n) is 8.02. The molecule has 0 fully saturated rings. The number of hydrogen-bond donors (Lipinski definition) is 4. The van der Waals surface area contributed by atoms with Crippen LogP contribution in [-0.2, 0) is 60.9 Å². The summed E-state index contributed by atoms with van der Waals surface area (Å²) in [7, 11) is 0. The number of ether oxygens (including phenoxy) is 1. The highest BCUT2D eigenvalue weighted by atomic mass is 32.1. The average molecular weight is 908 g/mol. The molecule has 0 saturated heterocycles. The normalized spacial score (nSPS) is 19.0. The van der Waals surface area contributed by atoms with Gasteiger partial charge < -0.3 is 25.8 Å². The largest absolute Gasteiger partial charge is 0.486 e. The number of thiophene rings is 1. The second kappa shape index (κ2) is 22.6. The molecule has 2 aliphatic heterocycles. The van der Waals surface area contributed by atoms with Gasteiger partial charge in [-0.3, -0.25) is 24.0 Å². The van der Waals surface area contributed by atoms with Gasteiger partial charge in [-0.1, -0.05) is 121 Å². The van der Waals surface area contributed by atoms with Gasteiger partial charge in [-0.05, 0) is 75.9 Å². The lowest BCUT2D eigenvalue weighted by Gasteiger charge is -2.26. The van der Waals surface area contributed by atoms with Crippen LogP contribution in [-0.4, -0.2) is 65.1 Å². The first kappa shape index (κ1) is 46.7. The van der Waals surface area contributed by atoms with E-state index in [1.54, 1.807) is 60.7 Å². The maximum absolute atomic E-state index is 15.3. The number of fused-ring (bicyclic) bond motifs is 16. The molecule has 3 heterocycles. The van der Waals surface area contributed by atoms with E-state index in [-0.39, 0.29) is 56.5 Å². The van der Waals surface area contributed by atoms with Crippen molar-refractivity contribution in [3.05, 3.63) is 184 Å². The molecule has 338 valence electrons. The van der Waals surface area contributed by atoms with Gasteiger partial charge in [-0.25, -0.2) is 9.18 Å². The summed E-state index contributed by atoms with van der Waals surface area (Å²) in [5.41, 5.74) is 4.02. The van der Waals surface area contributed by atoms with Gasteiger partial charge >= 0.3 is 5.97 Å². The van der Waals surface area contributed by atoms with Crippen LogP contribution >= 0.6 is 11.3 Å². The Kier molecular flexibility index (Phi) is 16.0. The molecule has 11 nitrogen and oxygen atoms in total. The van der Waals surface area contributed by atoms with Crippen molar-refractivity contribution >= 4 is 46.6 Å². The Morgan fingerprint density at radius 2 is 1.35 bits per heavy atom. The first-order valence-electron chi connectivity index (χ1n) is 21.8.